The molecule has 1 aliphatic rings. The van der Waals surface area contributed by atoms with E-state index >= 15 is 0 Å². The van der Waals surface area contributed by atoms with Gasteiger partial charge in [-0.1, -0.05) is 41.9 Å². The van der Waals surface area contributed by atoms with E-state index in [1.165, 1.54) is 5.12 Å². The fourth-order valence-corrected chi connectivity index (χ4v) is 2.87. The van der Waals surface area contributed by atoms with Crippen molar-refractivity contribution in [2.75, 3.05) is 10.9 Å². The zero-order chi connectivity index (χ0) is 21.5. The maximum absolute atomic E-state index is 12.0. The van der Waals surface area contributed by atoms with Crippen LogP contribution in [0.5, 0.6) is 0 Å². The van der Waals surface area contributed by atoms with Crippen LogP contribution in [-0.2, 0) is 16.1 Å². The van der Waals surface area contributed by atoms with Crippen molar-refractivity contribution >= 4 is 40.8 Å². The maximum atomic E-state index is 12.0. The Bertz CT molecular complexity index is 939. The van der Waals surface area contributed by atoms with Gasteiger partial charge in [0, 0.05) is 11.4 Å². The average Bonchev–Trinajstić information content (AvgIpc) is 3.20. The van der Waals surface area contributed by atoms with Gasteiger partial charge in [0.15, 0.2) is 0 Å². The number of nitrogens with one attached hydrogen (secondary N) is 3. The summed E-state index contributed by atoms with van der Waals surface area (Å²) in [4.78, 5) is 23.7. The van der Waals surface area contributed by atoms with Gasteiger partial charge in [-0.2, -0.15) is 10.7 Å². The molecule has 0 unspecified atom stereocenters. The number of benzene rings is 2. The molecule has 30 heavy (non-hydrogen) atoms. The highest BCUT2D eigenvalue weighted by Crippen LogP contribution is 2.25. The number of carbonyl (C=O) groups is 2. The Balaban J connectivity index is 1.48. The Kier molecular flexibility index (Phi) is 6.81. The van der Waals surface area contributed by atoms with Crippen LogP contribution in [0, 0.1) is 0 Å². The lowest BCUT2D eigenvalue weighted by Crippen LogP contribution is -2.46. The Hall–Kier alpha value is -3.66. The topological polar surface area (TPSA) is 147 Å². The van der Waals surface area contributed by atoms with Gasteiger partial charge in [0.25, 0.3) is 0 Å². The number of hydrazine groups is 2. The lowest BCUT2D eigenvalue weighted by atomic mass is 10.1. The van der Waals surface area contributed by atoms with Gasteiger partial charge in [-0.05, 0) is 30.2 Å². The van der Waals surface area contributed by atoms with Crippen LogP contribution >= 0.6 is 11.6 Å². The Morgan fingerprint density at radius 3 is 2.73 bits per heavy atom. The Morgan fingerprint density at radius 2 is 2.00 bits per heavy atom. The summed E-state index contributed by atoms with van der Waals surface area (Å²) in [7, 11) is 0. The molecule has 0 saturated heterocycles. The first-order valence-electron chi connectivity index (χ1n) is 9.13. The number of hydrogen-bond donors (Lipinski definition) is 5. The van der Waals surface area contributed by atoms with E-state index in [0.717, 1.165) is 5.56 Å². The van der Waals surface area contributed by atoms with Gasteiger partial charge in [-0.25, -0.2) is 4.79 Å². The van der Waals surface area contributed by atoms with Gasteiger partial charge in [-0.3, -0.25) is 10.2 Å². The van der Waals surface area contributed by atoms with Crippen LogP contribution in [0.1, 0.15) is 18.4 Å². The molecule has 1 heterocycles. The first kappa shape index (κ1) is 21.1. The summed E-state index contributed by atoms with van der Waals surface area (Å²) in [6.07, 6.45) is -0.172. The molecule has 0 bridgehead atoms. The van der Waals surface area contributed by atoms with Crippen molar-refractivity contribution in [1.29, 1.82) is 0 Å². The van der Waals surface area contributed by atoms with Crippen molar-refractivity contribution in [3.8, 4) is 0 Å². The molecule has 11 heteroatoms. The van der Waals surface area contributed by atoms with Gasteiger partial charge in [0.1, 0.15) is 24.2 Å². The van der Waals surface area contributed by atoms with Crippen LogP contribution in [-0.4, -0.2) is 23.9 Å². The Morgan fingerprint density at radius 1 is 1.23 bits per heavy atom. The van der Waals surface area contributed by atoms with E-state index in [9.17, 15) is 9.59 Å². The second-order valence-corrected chi connectivity index (χ2v) is 6.94. The van der Waals surface area contributed by atoms with Crippen molar-refractivity contribution in [2.24, 2.45) is 10.8 Å². The first-order chi connectivity index (χ1) is 14.4. The molecule has 0 saturated carbocycles. The van der Waals surface area contributed by atoms with Crippen molar-refractivity contribution in [1.82, 2.24) is 16.3 Å². The number of halogens is 1. The number of anilines is 2. The van der Waals surface area contributed by atoms with E-state index in [0.29, 0.717) is 28.7 Å². The van der Waals surface area contributed by atoms with Gasteiger partial charge < -0.3 is 21.5 Å². The molecule has 7 N–H and O–H groups in total. The predicted octanol–water partition coefficient (Wildman–Crippen LogP) is 1.63. The number of hydrazone groups is 1. The number of amidine groups is 1. The van der Waals surface area contributed by atoms with E-state index in [2.05, 4.69) is 21.4 Å². The average molecular weight is 432 g/mol. The summed E-state index contributed by atoms with van der Waals surface area (Å²) in [5.41, 5.74) is 19.0. The van der Waals surface area contributed by atoms with Crippen molar-refractivity contribution in [2.45, 2.75) is 25.5 Å². The highest BCUT2D eigenvalue weighted by molar-refractivity contribution is 6.31. The summed E-state index contributed by atoms with van der Waals surface area (Å²) >= 11 is 6.00. The number of nitrogens with two attached hydrogens (primary N) is 2. The highest BCUT2D eigenvalue weighted by atomic mass is 35.5. The lowest BCUT2D eigenvalue weighted by Gasteiger charge is -2.20. The zero-order valence-corrected chi connectivity index (χ0v) is 16.7. The third-order valence-corrected chi connectivity index (χ3v) is 4.51. The van der Waals surface area contributed by atoms with E-state index in [-0.39, 0.29) is 13.0 Å². The van der Waals surface area contributed by atoms with Crippen LogP contribution in [0.4, 0.5) is 16.2 Å². The standard InChI is InChI=1S/C19H22ClN7O3/c20-13-6-7-14(21)16(10-13)27-25-17(24-26-27)9-8-15(18(22)28)23-19(29)30-11-12-4-2-1-3-5-12/h1-7,10,15,26H,8-9,11,21H2,(H2,22,28)(H,23,29)(H,24,25)/t15-/m0/s1. The fraction of sp³-hybridized carbons (Fsp3) is 0.211. The first-order valence-corrected chi connectivity index (χ1v) is 9.50. The maximum Gasteiger partial charge on any atom is 0.408 e. The van der Waals surface area contributed by atoms with Gasteiger partial charge >= 0.3 is 6.09 Å². The SMILES string of the molecule is NC(=O)[C@H](CCC1=NNN(c2cc(Cl)ccc2N)N1)NC(=O)OCc1ccccc1. The summed E-state index contributed by atoms with van der Waals surface area (Å²) < 4.78 is 5.13. The molecule has 0 fully saturated rings. The van der Waals surface area contributed by atoms with Gasteiger partial charge in [-0.15, -0.1) is 5.10 Å². The number of nitrogens with zero attached hydrogens (tertiary/aromatic N) is 2. The quantitative estimate of drug-likeness (QED) is 0.399. The van der Waals surface area contributed by atoms with E-state index in [4.69, 9.17) is 27.8 Å². The second-order valence-electron chi connectivity index (χ2n) is 6.51. The van der Waals surface area contributed by atoms with Crippen molar-refractivity contribution in [3.05, 3.63) is 59.1 Å². The zero-order valence-electron chi connectivity index (χ0n) is 16.0. The molecular weight excluding hydrogens is 410 g/mol. The predicted molar refractivity (Wildman–Crippen MR) is 114 cm³/mol. The largest absolute Gasteiger partial charge is 0.445 e. The molecule has 3 rings (SSSR count). The number of ether oxygens (including phenoxy) is 1. The third kappa shape index (κ3) is 5.67. The molecular formula is C19H22ClN7O3. The highest BCUT2D eigenvalue weighted by Gasteiger charge is 2.23. The molecule has 0 radical (unpaired) electrons. The summed E-state index contributed by atoms with van der Waals surface area (Å²) in [5, 5.41) is 8.63. The molecule has 0 aliphatic carbocycles. The van der Waals surface area contributed by atoms with Crippen LogP contribution in [0.25, 0.3) is 0 Å². The number of hydrogen-bond acceptors (Lipinski definition) is 8. The molecule has 1 atom stereocenters. The minimum Gasteiger partial charge on any atom is -0.445 e. The normalized spacial score (nSPS) is 13.6. The van der Waals surface area contributed by atoms with Crippen LogP contribution in [0.2, 0.25) is 5.02 Å². The van der Waals surface area contributed by atoms with Crippen molar-refractivity contribution in [3.63, 3.8) is 0 Å². The molecule has 0 spiro atoms. The number of amides is 2. The molecule has 158 valence electrons. The molecule has 1 aliphatic heterocycles. The number of alkyl carbamates (subject to hydrolysis) is 1. The van der Waals surface area contributed by atoms with Crippen molar-refractivity contribution < 1.29 is 14.3 Å². The number of carbonyl (C=O) groups excluding carboxylic acids is 2. The summed E-state index contributed by atoms with van der Waals surface area (Å²) in [5.74, 6) is -0.144. The summed E-state index contributed by atoms with van der Waals surface area (Å²) in [6.45, 7) is 0.0896. The van der Waals surface area contributed by atoms with Crippen LogP contribution in [0.3, 0.4) is 0 Å². The second kappa shape index (κ2) is 9.70. The smallest absolute Gasteiger partial charge is 0.408 e. The number of rotatable bonds is 8. The minimum absolute atomic E-state index is 0.0896. The monoisotopic (exact) mass is 431 g/mol. The molecule has 2 aromatic rings. The fourth-order valence-electron chi connectivity index (χ4n) is 2.70. The summed E-state index contributed by atoms with van der Waals surface area (Å²) in [6, 6.07) is 13.3. The third-order valence-electron chi connectivity index (χ3n) is 4.28. The van der Waals surface area contributed by atoms with Gasteiger partial charge in [0.05, 0.1) is 5.69 Å². The van der Waals surface area contributed by atoms with E-state index in [1.54, 1.807) is 18.2 Å². The minimum atomic E-state index is -0.914. The number of nitrogen functional groups attached to an aromatic ring is 1. The van der Waals surface area contributed by atoms with Crippen LogP contribution < -0.4 is 32.9 Å². The van der Waals surface area contributed by atoms with E-state index < -0.39 is 18.0 Å². The molecule has 0 aromatic heterocycles. The van der Waals surface area contributed by atoms with Crippen LogP contribution in [0.15, 0.2) is 53.6 Å². The number of primary amides is 1. The molecule has 2 amide bonds. The molecule has 2 aromatic carbocycles. The molecule has 10 nitrogen and oxygen atoms in total. The van der Waals surface area contributed by atoms with Gasteiger partial charge in [0.2, 0.25) is 5.91 Å². The lowest BCUT2D eigenvalue weighted by molar-refractivity contribution is -0.120. The van der Waals surface area contributed by atoms with E-state index in [1.807, 2.05) is 30.3 Å². The Labute approximate surface area is 178 Å².